The van der Waals surface area contributed by atoms with E-state index in [9.17, 15) is 4.79 Å². The Bertz CT molecular complexity index is 428. The fraction of sp³-hybridized carbons (Fsp3) is 0.500. The predicted octanol–water partition coefficient (Wildman–Crippen LogP) is 1.37. The van der Waals surface area contributed by atoms with Crippen LogP contribution in [0.5, 0.6) is 5.75 Å². The van der Waals surface area contributed by atoms with E-state index in [4.69, 9.17) is 4.74 Å². The predicted molar refractivity (Wildman–Crippen MR) is 70.6 cm³/mol. The highest BCUT2D eigenvalue weighted by Crippen LogP contribution is 2.19. The number of carbonyl (C=O) groups excluding carboxylic acids is 1. The number of hydrogen-bond acceptors (Lipinski definition) is 3. The molecule has 0 atom stereocenters. The summed E-state index contributed by atoms with van der Waals surface area (Å²) in [6.45, 7) is 3.09. The van der Waals surface area contributed by atoms with Crippen LogP contribution in [0.1, 0.15) is 24.0 Å². The van der Waals surface area contributed by atoms with Gasteiger partial charge in [-0.1, -0.05) is 12.1 Å². The largest absolute Gasteiger partial charge is 0.496 e. The molecule has 1 amide bonds. The number of amides is 1. The summed E-state index contributed by atoms with van der Waals surface area (Å²) in [5.74, 6) is 0.980. The molecule has 2 rings (SSSR count). The van der Waals surface area contributed by atoms with Gasteiger partial charge >= 0.3 is 0 Å². The highest BCUT2D eigenvalue weighted by Gasteiger charge is 2.22. The van der Waals surface area contributed by atoms with Crippen LogP contribution in [0.4, 0.5) is 0 Å². The minimum atomic E-state index is 0.0859. The number of ether oxygens (including phenoxy) is 1. The second-order valence-electron chi connectivity index (χ2n) is 4.75. The molecule has 1 saturated carbocycles. The second-order valence-corrected chi connectivity index (χ2v) is 4.75. The number of rotatable bonds is 6. The summed E-state index contributed by atoms with van der Waals surface area (Å²) in [5.41, 5.74) is 2.27. The van der Waals surface area contributed by atoms with Gasteiger partial charge in [-0.2, -0.15) is 0 Å². The SMILES string of the molecule is COc1ccc(CNCC(=O)NC2CC2)cc1C. The van der Waals surface area contributed by atoms with Crippen LogP contribution in [0.2, 0.25) is 0 Å². The minimum absolute atomic E-state index is 0.0859. The molecule has 2 N–H and O–H groups in total. The first-order valence-corrected chi connectivity index (χ1v) is 6.32. The summed E-state index contributed by atoms with van der Waals surface area (Å²) in [6.07, 6.45) is 2.26. The molecule has 0 bridgehead atoms. The third kappa shape index (κ3) is 3.74. The van der Waals surface area contributed by atoms with Crippen LogP contribution in [0.25, 0.3) is 0 Å². The van der Waals surface area contributed by atoms with Gasteiger partial charge in [0.1, 0.15) is 5.75 Å². The van der Waals surface area contributed by atoms with Crippen LogP contribution < -0.4 is 15.4 Å². The quantitative estimate of drug-likeness (QED) is 0.799. The van der Waals surface area contributed by atoms with Crippen molar-refractivity contribution in [3.8, 4) is 5.75 Å². The molecular weight excluding hydrogens is 228 g/mol. The van der Waals surface area contributed by atoms with Crippen LogP contribution >= 0.6 is 0 Å². The van der Waals surface area contributed by atoms with E-state index in [0.29, 0.717) is 19.1 Å². The van der Waals surface area contributed by atoms with Crippen LogP contribution in [0, 0.1) is 6.92 Å². The molecule has 0 spiro atoms. The number of benzene rings is 1. The second kappa shape index (κ2) is 5.87. The molecule has 98 valence electrons. The summed E-state index contributed by atoms with van der Waals surface area (Å²) >= 11 is 0. The Kier molecular flexibility index (Phi) is 4.20. The molecular formula is C14H20N2O2. The van der Waals surface area contributed by atoms with Gasteiger partial charge in [0.15, 0.2) is 0 Å². The molecule has 4 nitrogen and oxygen atoms in total. The molecule has 0 unspecified atom stereocenters. The van der Waals surface area contributed by atoms with Crippen LogP contribution in [-0.2, 0) is 11.3 Å². The number of hydrogen-bond donors (Lipinski definition) is 2. The maximum absolute atomic E-state index is 11.5. The fourth-order valence-corrected chi connectivity index (χ4v) is 1.88. The van der Waals surface area contributed by atoms with Crippen molar-refractivity contribution in [3.63, 3.8) is 0 Å². The van der Waals surface area contributed by atoms with Gasteiger partial charge in [-0.15, -0.1) is 0 Å². The average Bonchev–Trinajstić information content (AvgIpc) is 3.13. The Balaban J connectivity index is 1.75. The van der Waals surface area contributed by atoms with Gasteiger partial charge in [-0.25, -0.2) is 0 Å². The lowest BCUT2D eigenvalue weighted by Gasteiger charge is -2.08. The Hall–Kier alpha value is -1.55. The summed E-state index contributed by atoms with van der Waals surface area (Å²) in [4.78, 5) is 11.5. The number of nitrogens with one attached hydrogen (secondary N) is 2. The number of aryl methyl sites for hydroxylation is 1. The smallest absolute Gasteiger partial charge is 0.234 e. The van der Waals surface area contributed by atoms with Crippen molar-refractivity contribution < 1.29 is 9.53 Å². The van der Waals surface area contributed by atoms with E-state index in [2.05, 4.69) is 16.7 Å². The number of carbonyl (C=O) groups is 1. The maximum atomic E-state index is 11.5. The third-order valence-electron chi connectivity index (χ3n) is 3.02. The molecule has 0 saturated heterocycles. The zero-order chi connectivity index (χ0) is 13.0. The summed E-state index contributed by atoms with van der Waals surface area (Å²) in [7, 11) is 1.67. The zero-order valence-corrected chi connectivity index (χ0v) is 11.0. The molecule has 1 aliphatic carbocycles. The topological polar surface area (TPSA) is 50.4 Å². The van der Waals surface area contributed by atoms with E-state index in [1.807, 2.05) is 19.1 Å². The number of methoxy groups -OCH3 is 1. The molecule has 1 aromatic rings. The van der Waals surface area contributed by atoms with Gasteiger partial charge in [0.2, 0.25) is 5.91 Å². The Morgan fingerprint density at radius 2 is 2.22 bits per heavy atom. The third-order valence-corrected chi connectivity index (χ3v) is 3.02. The summed E-state index contributed by atoms with van der Waals surface area (Å²) in [5, 5.41) is 6.09. The van der Waals surface area contributed by atoms with Gasteiger partial charge in [-0.3, -0.25) is 4.79 Å². The van der Waals surface area contributed by atoms with E-state index < -0.39 is 0 Å². The Morgan fingerprint density at radius 3 is 2.83 bits per heavy atom. The van der Waals surface area contributed by atoms with Gasteiger partial charge in [0, 0.05) is 12.6 Å². The molecule has 1 aromatic carbocycles. The van der Waals surface area contributed by atoms with Crippen LogP contribution in [-0.4, -0.2) is 25.6 Å². The standard InChI is InChI=1S/C14H20N2O2/c1-10-7-11(3-6-13(10)18-2)8-15-9-14(17)16-12-4-5-12/h3,6-7,12,15H,4-5,8-9H2,1-2H3,(H,16,17). The highest BCUT2D eigenvalue weighted by atomic mass is 16.5. The average molecular weight is 248 g/mol. The van der Waals surface area contributed by atoms with Crippen LogP contribution in [0.3, 0.4) is 0 Å². The molecule has 0 aromatic heterocycles. The first-order chi connectivity index (χ1) is 8.69. The van der Waals surface area contributed by atoms with E-state index in [-0.39, 0.29) is 5.91 Å². The molecule has 0 aliphatic heterocycles. The van der Waals surface area contributed by atoms with E-state index in [1.165, 1.54) is 0 Å². The van der Waals surface area contributed by atoms with Gasteiger partial charge in [0.25, 0.3) is 0 Å². The van der Waals surface area contributed by atoms with Crippen molar-refractivity contribution in [3.05, 3.63) is 29.3 Å². The maximum Gasteiger partial charge on any atom is 0.234 e. The lowest BCUT2D eigenvalue weighted by Crippen LogP contribution is -2.34. The Labute approximate surface area is 108 Å². The monoisotopic (exact) mass is 248 g/mol. The molecule has 0 heterocycles. The van der Waals surface area contributed by atoms with E-state index in [1.54, 1.807) is 7.11 Å². The minimum Gasteiger partial charge on any atom is -0.496 e. The molecule has 18 heavy (non-hydrogen) atoms. The normalized spacial score (nSPS) is 14.3. The van der Waals surface area contributed by atoms with Crippen molar-refractivity contribution in [1.82, 2.24) is 10.6 Å². The van der Waals surface area contributed by atoms with Crippen molar-refractivity contribution >= 4 is 5.91 Å². The lowest BCUT2D eigenvalue weighted by molar-refractivity contribution is -0.120. The van der Waals surface area contributed by atoms with Crippen molar-refractivity contribution in [2.24, 2.45) is 0 Å². The summed E-state index contributed by atoms with van der Waals surface area (Å²) in [6, 6.07) is 6.47. The molecule has 4 heteroatoms. The zero-order valence-electron chi connectivity index (χ0n) is 11.0. The highest BCUT2D eigenvalue weighted by molar-refractivity contribution is 5.78. The van der Waals surface area contributed by atoms with Gasteiger partial charge in [-0.05, 0) is 37.0 Å². The van der Waals surface area contributed by atoms with Crippen molar-refractivity contribution in [2.75, 3.05) is 13.7 Å². The lowest BCUT2D eigenvalue weighted by atomic mass is 10.1. The fourth-order valence-electron chi connectivity index (χ4n) is 1.88. The van der Waals surface area contributed by atoms with Gasteiger partial charge < -0.3 is 15.4 Å². The van der Waals surface area contributed by atoms with Crippen molar-refractivity contribution in [1.29, 1.82) is 0 Å². The van der Waals surface area contributed by atoms with E-state index in [0.717, 1.165) is 29.7 Å². The summed E-state index contributed by atoms with van der Waals surface area (Å²) < 4.78 is 5.21. The van der Waals surface area contributed by atoms with Crippen LogP contribution in [0.15, 0.2) is 18.2 Å². The molecule has 1 aliphatic rings. The van der Waals surface area contributed by atoms with E-state index >= 15 is 0 Å². The first-order valence-electron chi connectivity index (χ1n) is 6.32. The van der Waals surface area contributed by atoms with Gasteiger partial charge in [0.05, 0.1) is 13.7 Å². The van der Waals surface area contributed by atoms with Crippen molar-refractivity contribution in [2.45, 2.75) is 32.4 Å². The molecule has 1 fully saturated rings. The molecule has 0 radical (unpaired) electrons. The Morgan fingerprint density at radius 1 is 1.44 bits per heavy atom. The first kappa shape index (κ1) is 12.9.